The van der Waals surface area contributed by atoms with Crippen LogP contribution in [-0.4, -0.2) is 34.2 Å². The van der Waals surface area contributed by atoms with Crippen molar-refractivity contribution in [3.05, 3.63) is 41.7 Å². The summed E-state index contributed by atoms with van der Waals surface area (Å²) < 4.78 is 2.58. The third-order valence-corrected chi connectivity index (χ3v) is 3.57. The molecule has 26 heavy (non-hydrogen) atoms. The van der Waals surface area contributed by atoms with Crippen LogP contribution in [0.2, 0.25) is 0 Å². The van der Waals surface area contributed by atoms with Crippen LogP contribution in [-0.2, 0) is 13.6 Å². The van der Waals surface area contributed by atoms with Crippen LogP contribution in [0.25, 0.3) is 11.2 Å². The highest BCUT2D eigenvalue weighted by Gasteiger charge is 2.17. The Labute approximate surface area is 142 Å². The van der Waals surface area contributed by atoms with Crippen LogP contribution in [0.5, 0.6) is 5.88 Å². The zero-order valence-corrected chi connectivity index (χ0v) is 13.7. The molecule has 13 heteroatoms. The molecule has 3 heterocycles. The summed E-state index contributed by atoms with van der Waals surface area (Å²) in [5.41, 5.74) is -3.41. The van der Waals surface area contributed by atoms with Crippen molar-refractivity contribution in [1.29, 1.82) is 0 Å². The number of imidazole rings is 1. The Hall–Kier alpha value is -3.77. The summed E-state index contributed by atoms with van der Waals surface area (Å²) in [7, 11) is 1.43. The molecule has 0 unspecified atom stereocenters. The Morgan fingerprint density at radius 1 is 1.08 bits per heavy atom. The standard InChI is InChI=1S/C13H14N8O5/c1-3-4-21-6-7(20(2)13(26)17-10(6)24)14-11(21)19-18-5-8(22)15-12(25)16-9(5)23/h3-4H2,1-2H3,(H,17,24,26)(H3,15,16,22,23,25). The molecule has 0 amide bonds. The van der Waals surface area contributed by atoms with Crippen LogP contribution in [0.4, 0.5) is 11.6 Å². The molecule has 4 N–H and O–H groups in total. The average molecular weight is 362 g/mol. The van der Waals surface area contributed by atoms with E-state index in [0.717, 1.165) is 4.57 Å². The molecule has 0 aromatic carbocycles. The van der Waals surface area contributed by atoms with Crippen molar-refractivity contribution in [2.24, 2.45) is 17.3 Å². The first-order valence-electron chi connectivity index (χ1n) is 7.50. The van der Waals surface area contributed by atoms with E-state index < -0.39 is 34.1 Å². The van der Waals surface area contributed by atoms with E-state index in [2.05, 4.69) is 20.2 Å². The number of hydrogen-bond donors (Lipinski definition) is 4. The van der Waals surface area contributed by atoms with Gasteiger partial charge < -0.3 is 9.67 Å². The van der Waals surface area contributed by atoms with Crippen molar-refractivity contribution in [2.45, 2.75) is 19.9 Å². The van der Waals surface area contributed by atoms with Gasteiger partial charge in [0.15, 0.2) is 11.2 Å². The van der Waals surface area contributed by atoms with E-state index in [1.54, 1.807) is 0 Å². The van der Waals surface area contributed by atoms with Gasteiger partial charge in [0.05, 0.1) is 0 Å². The summed E-state index contributed by atoms with van der Waals surface area (Å²) in [5, 5.41) is 17.0. The number of hydrogen-bond acceptors (Lipinski definition) is 8. The molecule has 0 bridgehead atoms. The maximum Gasteiger partial charge on any atom is 0.329 e. The number of aryl methyl sites for hydroxylation is 2. The molecule has 0 saturated heterocycles. The quantitative estimate of drug-likeness (QED) is 0.446. The normalized spacial score (nSPS) is 11.6. The van der Waals surface area contributed by atoms with Crippen molar-refractivity contribution in [3.63, 3.8) is 0 Å². The molecule has 0 aliphatic heterocycles. The number of H-pyrrole nitrogens is 3. The summed E-state index contributed by atoms with van der Waals surface area (Å²) in [4.78, 5) is 56.8. The molecule has 0 saturated carbocycles. The number of fused-ring (bicyclic) bond motifs is 1. The topological polar surface area (TPSA) is 183 Å². The van der Waals surface area contributed by atoms with E-state index in [-0.39, 0.29) is 17.1 Å². The Balaban J connectivity index is 2.24. The second kappa shape index (κ2) is 6.27. The molecule has 0 atom stereocenters. The third-order valence-electron chi connectivity index (χ3n) is 3.57. The van der Waals surface area contributed by atoms with Crippen molar-refractivity contribution < 1.29 is 5.11 Å². The third kappa shape index (κ3) is 2.74. The van der Waals surface area contributed by atoms with Gasteiger partial charge in [0.1, 0.15) is 0 Å². The average Bonchev–Trinajstić information content (AvgIpc) is 2.91. The van der Waals surface area contributed by atoms with Crippen LogP contribution in [0.15, 0.2) is 29.4 Å². The van der Waals surface area contributed by atoms with Gasteiger partial charge in [-0.1, -0.05) is 6.92 Å². The number of nitrogens with zero attached hydrogens (tertiary/aromatic N) is 5. The summed E-state index contributed by atoms with van der Waals surface area (Å²) in [5.74, 6) is -0.801. The summed E-state index contributed by atoms with van der Waals surface area (Å²) in [6.07, 6.45) is 0.626. The lowest BCUT2D eigenvalue weighted by Crippen LogP contribution is -2.29. The smallest absolute Gasteiger partial charge is 0.329 e. The zero-order valence-electron chi connectivity index (χ0n) is 13.7. The molecular weight excluding hydrogens is 348 g/mol. The highest BCUT2D eigenvalue weighted by molar-refractivity contribution is 5.73. The number of aromatic nitrogens is 6. The number of aromatic amines is 3. The van der Waals surface area contributed by atoms with E-state index in [0.29, 0.717) is 13.0 Å². The summed E-state index contributed by atoms with van der Waals surface area (Å²) in [6, 6.07) is 0. The van der Waals surface area contributed by atoms with Crippen LogP contribution >= 0.6 is 0 Å². The Morgan fingerprint density at radius 2 is 1.81 bits per heavy atom. The monoisotopic (exact) mass is 362 g/mol. The molecular formula is C13H14N8O5. The largest absolute Gasteiger partial charge is 0.493 e. The molecule has 0 aliphatic carbocycles. The van der Waals surface area contributed by atoms with E-state index >= 15 is 0 Å². The van der Waals surface area contributed by atoms with Gasteiger partial charge in [-0.05, 0) is 6.42 Å². The van der Waals surface area contributed by atoms with Gasteiger partial charge >= 0.3 is 11.4 Å². The molecule has 3 rings (SSSR count). The van der Waals surface area contributed by atoms with Crippen LogP contribution in [0, 0.1) is 0 Å². The van der Waals surface area contributed by atoms with Gasteiger partial charge in [0.2, 0.25) is 11.6 Å². The molecule has 3 aromatic heterocycles. The van der Waals surface area contributed by atoms with Gasteiger partial charge in [-0.2, -0.15) is 4.98 Å². The highest BCUT2D eigenvalue weighted by atomic mass is 16.3. The van der Waals surface area contributed by atoms with Gasteiger partial charge in [-0.25, -0.2) is 9.59 Å². The van der Waals surface area contributed by atoms with E-state index in [1.807, 2.05) is 16.9 Å². The second-order valence-electron chi connectivity index (χ2n) is 5.36. The molecule has 136 valence electrons. The minimum atomic E-state index is -0.946. The maximum atomic E-state index is 12.1. The predicted molar refractivity (Wildman–Crippen MR) is 89.4 cm³/mol. The van der Waals surface area contributed by atoms with Crippen LogP contribution in [0.3, 0.4) is 0 Å². The van der Waals surface area contributed by atoms with Crippen molar-refractivity contribution in [2.75, 3.05) is 0 Å². The number of nitrogens with one attached hydrogen (secondary N) is 3. The number of azo groups is 1. The second-order valence-corrected chi connectivity index (χ2v) is 5.36. The van der Waals surface area contributed by atoms with Gasteiger partial charge in [-0.15, -0.1) is 10.2 Å². The van der Waals surface area contributed by atoms with Crippen LogP contribution in [0.1, 0.15) is 13.3 Å². The predicted octanol–water partition coefficient (Wildman–Crippen LogP) is -0.669. The fraction of sp³-hybridized carbons (Fsp3) is 0.308. The summed E-state index contributed by atoms with van der Waals surface area (Å²) >= 11 is 0. The molecule has 3 aromatic rings. The molecule has 0 fully saturated rings. The van der Waals surface area contributed by atoms with Crippen molar-refractivity contribution in [1.82, 2.24) is 29.1 Å². The minimum Gasteiger partial charge on any atom is -0.493 e. The summed E-state index contributed by atoms with van der Waals surface area (Å²) in [6.45, 7) is 2.21. The fourth-order valence-corrected chi connectivity index (χ4v) is 2.39. The Morgan fingerprint density at radius 3 is 2.46 bits per heavy atom. The van der Waals surface area contributed by atoms with Gasteiger partial charge in [0, 0.05) is 13.6 Å². The van der Waals surface area contributed by atoms with E-state index in [1.165, 1.54) is 11.6 Å². The maximum absolute atomic E-state index is 12.1. The first-order valence-corrected chi connectivity index (χ1v) is 7.50. The first kappa shape index (κ1) is 17.1. The van der Waals surface area contributed by atoms with E-state index in [9.17, 15) is 24.3 Å². The number of rotatable bonds is 4. The molecule has 0 spiro atoms. The Kier molecular flexibility index (Phi) is 4.11. The van der Waals surface area contributed by atoms with Crippen LogP contribution < -0.4 is 22.5 Å². The highest BCUT2D eigenvalue weighted by Crippen LogP contribution is 2.22. The lowest BCUT2D eigenvalue weighted by molar-refractivity contribution is 0.450. The fourth-order valence-electron chi connectivity index (χ4n) is 2.39. The molecule has 0 aliphatic rings. The van der Waals surface area contributed by atoms with E-state index in [4.69, 9.17) is 0 Å². The lowest BCUT2D eigenvalue weighted by Gasteiger charge is -2.03. The van der Waals surface area contributed by atoms with Crippen molar-refractivity contribution in [3.8, 4) is 5.88 Å². The Bertz CT molecular complexity index is 1250. The van der Waals surface area contributed by atoms with Crippen molar-refractivity contribution >= 4 is 22.8 Å². The minimum absolute atomic E-state index is 0.0430. The molecule has 0 radical (unpaired) electrons. The van der Waals surface area contributed by atoms with Gasteiger partial charge in [-0.3, -0.25) is 29.1 Å². The first-order chi connectivity index (χ1) is 12.3. The zero-order chi connectivity index (χ0) is 19.0. The molecule has 13 nitrogen and oxygen atoms in total. The SMILES string of the molecule is CCCn1c(N=Nc2c(O)[nH]c(=O)[nH]c2=O)nc2c1c(=O)[nH]c(=O)n2C. The van der Waals surface area contributed by atoms with Gasteiger partial charge in [0.25, 0.3) is 17.1 Å². The number of aromatic hydroxyl groups is 1. The lowest BCUT2D eigenvalue weighted by atomic mass is 10.4.